The van der Waals surface area contributed by atoms with Gasteiger partial charge in [-0.2, -0.15) is 0 Å². The molecule has 0 aliphatic carbocycles. The number of anilines is 2. The fraction of sp³-hybridized carbons (Fsp3) is 0.342. The van der Waals surface area contributed by atoms with Gasteiger partial charge in [0.1, 0.15) is 11.6 Å². The van der Waals surface area contributed by atoms with Gasteiger partial charge in [0.25, 0.3) is 11.8 Å². The van der Waals surface area contributed by atoms with Crippen LogP contribution in [0.3, 0.4) is 0 Å². The van der Waals surface area contributed by atoms with Crippen molar-refractivity contribution in [3.63, 3.8) is 0 Å². The summed E-state index contributed by atoms with van der Waals surface area (Å²) in [5.74, 6) is -0.444. The molecule has 13 nitrogen and oxygen atoms in total. The van der Waals surface area contributed by atoms with Crippen LogP contribution in [0.5, 0.6) is 5.75 Å². The monoisotopic (exact) mass is 768 g/mol. The lowest BCUT2D eigenvalue weighted by molar-refractivity contribution is -0.274. The van der Waals surface area contributed by atoms with E-state index in [0.717, 1.165) is 16.7 Å². The number of hydrogen-bond acceptors (Lipinski definition) is 11. The third kappa shape index (κ3) is 15.3. The fourth-order valence-corrected chi connectivity index (χ4v) is 5.10. The van der Waals surface area contributed by atoms with Crippen molar-refractivity contribution in [1.29, 1.82) is 0 Å². The van der Waals surface area contributed by atoms with Crippen LogP contribution in [-0.4, -0.2) is 106 Å². The second-order valence-electron chi connectivity index (χ2n) is 11.8. The molecule has 1 heterocycles. The van der Waals surface area contributed by atoms with Crippen molar-refractivity contribution < 1.29 is 56.5 Å². The number of aromatic nitrogens is 1. The van der Waals surface area contributed by atoms with Crippen LogP contribution in [0.25, 0.3) is 11.1 Å². The van der Waals surface area contributed by atoms with E-state index >= 15 is 0 Å². The number of benzene rings is 3. The number of nitrogens with one attached hydrogen (secondary N) is 3. The molecule has 0 radical (unpaired) electrons. The van der Waals surface area contributed by atoms with Crippen LogP contribution in [0.4, 0.5) is 24.7 Å². The first-order chi connectivity index (χ1) is 26.5. The van der Waals surface area contributed by atoms with E-state index in [1.165, 1.54) is 36.4 Å². The van der Waals surface area contributed by atoms with Gasteiger partial charge in [0.05, 0.1) is 52.9 Å². The van der Waals surface area contributed by atoms with Gasteiger partial charge in [-0.05, 0) is 83.2 Å². The van der Waals surface area contributed by atoms with Gasteiger partial charge in [-0.25, -0.2) is 4.98 Å². The Morgan fingerprint density at radius 2 is 1.27 bits per heavy atom. The molecule has 4 aromatic rings. The highest BCUT2D eigenvalue weighted by Gasteiger charge is 2.31. The summed E-state index contributed by atoms with van der Waals surface area (Å²) in [4.78, 5) is 29.5. The Kier molecular flexibility index (Phi) is 17.4. The van der Waals surface area contributed by atoms with Gasteiger partial charge in [-0.15, -0.1) is 13.2 Å². The first-order valence-electron chi connectivity index (χ1n) is 17.6. The highest BCUT2D eigenvalue weighted by molar-refractivity contribution is 6.58. The maximum atomic E-state index is 12.9. The van der Waals surface area contributed by atoms with E-state index in [9.17, 15) is 32.8 Å². The predicted molar refractivity (Wildman–Crippen MR) is 200 cm³/mol. The summed E-state index contributed by atoms with van der Waals surface area (Å²) in [5, 5.41) is 27.1. The van der Waals surface area contributed by atoms with E-state index in [-0.39, 0.29) is 29.6 Å². The Bertz CT molecular complexity index is 1800. The highest BCUT2D eigenvalue weighted by atomic mass is 19.4. The van der Waals surface area contributed by atoms with Crippen molar-refractivity contribution in [3.05, 3.63) is 102 Å². The Morgan fingerprint density at radius 3 is 1.82 bits per heavy atom. The quantitative estimate of drug-likeness (QED) is 0.0549. The highest BCUT2D eigenvalue weighted by Crippen LogP contribution is 2.29. The molecule has 5 N–H and O–H groups in total. The smallest absolute Gasteiger partial charge is 0.423 e. The maximum absolute atomic E-state index is 12.9. The largest absolute Gasteiger partial charge is 0.573 e. The summed E-state index contributed by atoms with van der Waals surface area (Å²) in [6.07, 6.45) is -2.36. The number of hydrogen-bond donors (Lipinski definition) is 5. The zero-order valence-electron chi connectivity index (χ0n) is 30.3. The molecule has 0 atom stereocenters. The maximum Gasteiger partial charge on any atom is 0.573 e. The van der Waals surface area contributed by atoms with Crippen molar-refractivity contribution in [2.24, 2.45) is 0 Å². The Morgan fingerprint density at radius 1 is 0.727 bits per heavy atom. The van der Waals surface area contributed by atoms with E-state index < -0.39 is 13.5 Å². The number of amides is 2. The summed E-state index contributed by atoms with van der Waals surface area (Å²) in [6, 6.07) is 20.4. The fourth-order valence-electron chi connectivity index (χ4n) is 5.10. The van der Waals surface area contributed by atoms with Gasteiger partial charge < -0.3 is 49.7 Å². The summed E-state index contributed by atoms with van der Waals surface area (Å²) in [6.45, 7) is 5.31. The molecule has 0 aliphatic heterocycles. The third-order valence-corrected chi connectivity index (χ3v) is 7.79. The minimum Gasteiger partial charge on any atom is -0.423 e. The molecule has 17 heteroatoms. The van der Waals surface area contributed by atoms with Crippen LogP contribution in [-0.2, 0) is 25.4 Å². The van der Waals surface area contributed by atoms with Crippen molar-refractivity contribution >= 4 is 35.9 Å². The summed E-state index contributed by atoms with van der Waals surface area (Å²) in [5.41, 5.74) is 4.17. The number of rotatable bonds is 23. The Labute approximate surface area is 317 Å². The molecule has 0 saturated heterocycles. The zero-order valence-corrected chi connectivity index (χ0v) is 30.3. The van der Waals surface area contributed by atoms with Crippen molar-refractivity contribution in [2.75, 3.05) is 71.3 Å². The van der Waals surface area contributed by atoms with Crippen LogP contribution in [0.2, 0.25) is 0 Å². The molecule has 0 bridgehead atoms. The van der Waals surface area contributed by atoms with Gasteiger partial charge in [-0.3, -0.25) is 9.59 Å². The first kappa shape index (κ1) is 42.7. The molecule has 0 spiro atoms. The number of halogens is 3. The molecule has 4 rings (SSSR count). The second-order valence-corrected chi connectivity index (χ2v) is 11.8. The number of carbonyl (C=O) groups excluding carboxylic acids is 2. The summed E-state index contributed by atoms with van der Waals surface area (Å²) < 4.78 is 63.3. The van der Waals surface area contributed by atoms with Crippen LogP contribution >= 0.6 is 0 Å². The molecular weight excluding hydrogens is 724 g/mol. The average Bonchev–Trinajstić information content (AvgIpc) is 3.17. The minimum atomic E-state index is -4.77. The lowest BCUT2D eigenvalue weighted by atomic mass is 9.79. The topological polar surface area (TPSA) is 170 Å². The molecule has 0 aliphatic rings. The van der Waals surface area contributed by atoms with E-state index in [2.05, 4.69) is 25.7 Å². The van der Waals surface area contributed by atoms with Gasteiger partial charge in [0.2, 0.25) is 0 Å². The summed E-state index contributed by atoms with van der Waals surface area (Å²) in [7, 11) is -1.64. The minimum absolute atomic E-state index is 0.235. The van der Waals surface area contributed by atoms with Crippen LogP contribution in [0.1, 0.15) is 33.2 Å². The second kappa shape index (κ2) is 22.4. The lowest BCUT2D eigenvalue weighted by Crippen LogP contribution is -2.32. The van der Waals surface area contributed by atoms with E-state index in [4.69, 9.17) is 18.9 Å². The zero-order chi connectivity index (χ0) is 39.5. The Hall–Kier alpha value is -5.04. The molecule has 0 fully saturated rings. The summed E-state index contributed by atoms with van der Waals surface area (Å²) >= 11 is 0. The van der Waals surface area contributed by atoms with Crippen molar-refractivity contribution in [3.8, 4) is 16.9 Å². The van der Waals surface area contributed by atoms with E-state index in [0.29, 0.717) is 88.5 Å². The Balaban J connectivity index is 1.06. The molecule has 2 amide bonds. The van der Waals surface area contributed by atoms with Gasteiger partial charge >= 0.3 is 13.5 Å². The normalized spacial score (nSPS) is 11.2. The predicted octanol–water partition coefficient (Wildman–Crippen LogP) is 3.86. The number of aryl methyl sites for hydroxylation is 1. The molecular formula is C38H44BF3N4O9. The number of carbonyl (C=O) groups is 2. The molecule has 0 unspecified atom stereocenters. The molecule has 55 heavy (non-hydrogen) atoms. The molecule has 1 aromatic heterocycles. The number of pyridine rings is 1. The lowest BCUT2D eigenvalue weighted by Gasteiger charge is -2.14. The average molecular weight is 769 g/mol. The van der Waals surface area contributed by atoms with Crippen LogP contribution in [0.15, 0.2) is 85.1 Å². The standard InChI is InChI=1S/C38H44BF3N4O9/c1-2-27-26-45-35(46-32-9-11-33(12-10-32)55-38(40,41)42)25-34(27)28-5-3-6-29(23-28)36(47)43-13-15-51-17-19-53-21-22-54-20-18-52-16-14-44-37(48)30-7-4-8-31(24-30)39(49)50/h3-12,23-26,49-50H,2,13-22H2,1H3,(H,43,47)(H,44,48)(H,45,46). The van der Waals surface area contributed by atoms with Crippen LogP contribution in [0, 0.1) is 0 Å². The van der Waals surface area contributed by atoms with E-state index in [1.54, 1.807) is 36.5 Å². The first-order valence-corrected chi connectivity index (χ1v) is 17.6. The van der Waals surface area contributed by atoms with Crippen LogP contribution < -0.4 is 26.2 Å². The molecule has 294 valence electrons. The van der Waals surface area contributed by atoms with Crippen molar-refractivity contribution in [1.82, 2.24) is 15.6 Å². The number of alkyl halides is 3. The van der Waals surface area contributed by atoms with Gasteiger partial charge in [0, 0.05) is 36.1 Å². The SMILES string of the molecule is CCc1cnc(Nc2ccc(OC(F)(F)F)cc2)cc1-c1cccc(C(=O)NCCOCCOCCOCCOCCNC(=O)c2cccc(B(O)O)c2)c1. The van der Waals surface area contributed by atoms with Gasteiger partial charge in [-0.1, -0.05) is 31.2 Å². The number of ether oxygens (including phenoxy) is 5. The van der Waals surface area contributed by atoms with Crippen molar-refractivity contribution in [2.45, 2.75) is 19.7 Å². The molecule has 0 saturated carbocycles. The van der Waals surface area contributed by atoms with E-state index in [1.807, 2.05) is 19.1 Å². The third-order valence-electron chi connectivity index (χ3n) is 7.79. The number of nitrogens with zero attached hydrogens (tertiary/aromatic N) is 1. The van der Waals surface area contributed by atoms with Gasteiger partial charge in [0.15, 0.2) is 0 Å². The molecule has 3 aromatic carbocycles.